The molecule has 3 N–H and O–H groups in total. The van der Waals surface area contributed by atoms with Crippen LogP contribution < -0.4 is 15.3 Å². The number of methoxy groups -OCH3 is 2. The molecule has 0 saturated heterocycles. The molecule has 14 heavy (non-hydrogen) atoms. The molecule has 0 spiro atoms. The van der Waals surface area contributed by atoms with Crippen LogP contribution in [-0.2, 0) is 0 Å². The zero-order chi connectivity index (χ0) is 10.6. The third-order valence-corrected chi connectivity index (χ3v) is 1.73. The number of phenolic OH excluding ortho intramolecular Hbond substituents is 1. The van der Waals surface area contributed by atoms with Crippen molar-refractivity contribution in [3.05, 3.63) is 17.7 Å². The summed E-state index contributed by atoms with van der Waals surface area (Å²) in [7, 11) is 2.91. The lowest BCUT2D eigenvalue weighted by molar-refractivity contribution is 0.340. The highest BCUT2D eigenvalue weighted by Gasteiger charge is 2.09. The van der Waals surface area contributed by atoms with Crippen molar-refractivity contribution in [3.63, 3.8) is 0 Å². The summed E-state index contributed by atoms with van der Waals surface area (Å²) in [4.78, 5) is 0. The zero-order valence-electron chi connectivity index (χ0n) is 8.02. The van der Waals surface area contributed by atoms with E-state index in [1.165, 1.54) is 20.4 Å². The minimum absolute atomic E-state index is 0.0378. The number of hydrazone groups is 1. The van der Waals surface area contributed by atoms with Crippen LogP contribution in [-0.4, -0.2) is 25.5 Å². The van der Waals surface area contributed by atoms with E-state index in [-0.39, 0.29) is 5.75 Å². The minimum atomic E-state index is -0.0378. The molecule has 1 aromatic rings. The van der Waals surface area contributed by atoms with Crippen molar-refractivity contribution in [1.29, 1.82) is 0 Å². The SMILES string of the molecule is COc1cc(C=NN)cc(OC)c1O. The Kier molecular flexibility index (Phi) is 3.17. The van der Waals surface area contributed by atoms with Gasteiger partial charge in [-0.25, -0.2) is 0 Å². The fourth-order valence-electron chi connectivity index (χ4n) is 1.07. The van der Waals surface area contributed by atoms with Gasteiger partial charge in [0, 0.05) is 5.56 Å². The topological polar surface area (TPSA) is 77.1 Å². The highest BCUT2D eigenvalue weighted by atomic mass is 16.5. The van der Waals surface area contributed by atoms with Crippen molar-refractivity contribution >= 4 is 6.21 Å². The summed E-state index contributed by atoms with van der Waals surface area (Å²) in [5, 5.41) is 12.9. The van der Waals surface area contributed by atoms with Gasteiger partial charge in [0.05, 0.1) is 20.4 Å². The van der Waals surface area contributed by atoms with Crippen LogP contribution in [0.4, 0.5) is 0 Å². The summed E-state index contributed by atoms with van der Waals surface area (Å²) in [5.41, 5.74) is 0.694. The van der Waals surface area contributed by atoms with Gasteiger partial charge in [-0.3, -0.25) is 0 Å². The minimum Gasteiger partial charge on any atom is -0.502 e. The van der Waals surface area contributed by atoms with Crippen LogP contribution >= 0.6 is 0 Å². The van der Waals surface area contributed by atoms with Crippen LogP contribution in [0.25, 0.3) is 0 Å². The molecule has 0 heterocycles. The van der Waals surface area contributed by atoms with E-state index < -0.39 is 0 Å². The van der Waals surface area contributed by atoms with Crippen molar-refractivity contribution < 1.29 is 14.6 Å². The van der Waals surface area contributed by atoms with E-state index in [0.29, 0.717) is 17.1 Å². The maximum Gasteiger partial charge on any atom is 0.200 e. The van der Waals surface area contributed by atoms with Gasteiger partial charge in [-0.2, -0.15) is 5.10 Å². The van der Waals surface area contributed by atoms with E-state index in [1.807, 2.05) is 0 Å². The molecular weight excluding hydrogens is 184 g/mol. The Morgan fingerprint density at radius 1 is 1.29 bits per heavy atom. The molecule has 76 valence electrons. The van der Waals surface area contributed by atoms with Crippen molar-refractivity contribution in [2.45, 2.75) is 0 Å². The first kappa shape index (κ1) is 10.2. The average molecular weight is 196 g/mol. The normalized spacial score (nSPS) is 10.4. The molecule has 0 radical (unpaired) electrons. The molecule has 0 unspecified atom stereocenters. The summed E-state index contributed by atoms with van der Waals surface area (Å²) in [6.07, 6.45) is 1.44. The van der Waals surface area contributed by atoms with Gasteiger partial charge in [0.2, 0.25) is 5.75 Å². The molecule has 0 fully saturated rings. The number of hydrogen-bond donors (Lipinski definition) is 2. The molecule has 0 atom stereocenters. The molecule has 0 bridgehead atoms. The Morgan fingerprint density at radius 2 is 1.79 bits per heavy atom. The van der Waals surface area contributed by atoms with Crippen molar-refractivity contribution in [2.75, 3.05) is 14.2 Å². The van der Waals surface area contributed by atoms with Crippen LogP contribution in [0.5, 0.6) is 17.2 Å². The number of rotatable bonds is 3. The number of nitrogens with zero attached hydrogens (tertiary/aromatic N) is 1. The molecule has 5 nitrogen and oxygen atoms in total. The van der Waals surface area contributed by atoms with Gasteiger partial charge >= 0.3 is 0 Å². The fraction of sp³-hybridized carbons (Fsp3) is 0.222. The van der Waals surface area contributed by atoms with Crippen molar-refractivity contribution in [2.24, 2.45) is 10.9 Å². The number of benzene rings is 1. The molecule has 0 aliphatic carbocycles. The Labute approximate surface area is 81.8 Å². The second kappa shape index (κ2) is 4.36. The van der Waals surface area contributed by atoms with E-state index in [9.17, 15) is 5.11 Å². The van der Waals surface area contributed by atoms with Gasteiger partial charge < -0.3 is 20.4 Å². The highest BCUT2D eigenvalue weighted by molar-refractivity contribution is 5.82. The monoisotopic (exact) mass is 196 g/mol. The Bertz CT molecular complexity index is 325. The van der Waals surface area contributed by atoms with Crippen LogP contribution in [0, 0.1) is 0 Å². The van der Waals surface area contributed by atoms with Crippen molar-refractivity contribution in [3.8, 4) is 17.2 Å². The third kappa shape index (κ3) is 1.87. The number of hydrogen-bond acceptors (Lipinski definition) is 5. The fourth-order valence-corrected chi connectivity index (χ4v) is 1.07. The van der Waals surface area contributed by atoms with Gasteiger partial charge in [0.25, 0.3) is 0 Å². The molecular formula is C9H12N2O3. The van der Waals surface area contributed by atoms with Gasteiger partial charge in [-0.05, 0) is 12.1 Å². The van der Waals surface area contributed by atoms with Gasteiger partial charge in [-0.15, -0.1) is 0 Å². The van der Waals surface area contributed by atoms with Crippen LogP contribution in [0.1, 0.15) is 5.56 Å². The lowest BCUT2D eigenvalue weighted by Crippen LogP contribution is -1.93. The van der Waals surface area contributed by atoms with E-state index in [1.54, 1.807) is 12.1 Å². The number of nitrogens with two attached hydrogens (primary N) is 1. The van der Waals surface area contributed by atoms with Gasteiger partial charge in [0.15, 0.2) is 11.5 Å². The summed E-state index contributed by atoms with van der Waals surface area (Å²) >= 11 is 0. The molecule has 0 aliphatic heterocycles. The van der Waals surface area contributed by atoms with E-state index >= 15 is 0 Å². The average Bonchev–Trinajstić information content (AvgIpc) is 2.20. The molecule has 1 aromatic carbocycles. The molecule has 0 saturated carbocycles. The van der Waals surface area contributed by atoms with Gasteiger partial charge in [0.1, 0.15) is 0 Å². The standard InChI is InChI=1S/C9H12N2O3/c1-13-7-3-6(5-11-10)4-8(14-2)9(7)12/h3-5,12H,10H2,1-2H3. The quantitative estimate of drug-likeness (QED) is 0.424. The maximum absolute atomic E-state index is 9.56. The highest BCUT2D eigenvalue weighted by Crippen LogP contribution is 2.36. The van der Waals surface area contributed by atoms with Crippen LogP contribution in [0.3, 0.4) is 0 Å². The molecule has 5 heteroatoms. The number of ether oxygens (including phenoxy) is 2. The Balaban J connectivity index is 3.24. The maximum atomic E-state index is 9.56. The third-order valence-electron chi connectivity index (χ3n) is 1.73. The van der Waals surface area contributed by atoms with E-state index in [4.69, 9.17) is 15.3 Å². The first-order valence-corrected chi connectivity index (χ1v) is 3.91. The Morgan fingerprint density at radius 3 is 2.14 bits per heavy atom. The van der Waals surface area contributed by atoms with E-state index in [2.05, 4.69) is 5.10 Å². The second-order valence-corrected chi connectivity index (χ2v) is 2.55. The predicted octanol–water partition coefficient (Wildman–Crippen LogP) is 0.702. The van der Waals surface area contributed by atoms with Crippen LogP contribution in [0.15, 0.2) is 17.2 Å². The first-order chi connectivity index (χ1) is 6.72. The summed E-state index contributed by atoms with van der Waals surface area (Å²) < 4.78 is 9.88. The molecule has 1 rings (SSSR count). The zero-order valence-corrected chi connectivity index (χ0v) is 8.02. The van der Waals surface area contributed by atoms with Gasteiger partial charge in [-0.1, -0.05) is 0 Å². The molecule has 0 aliphatic rings. The Hall–Kier alpha value is -1.91. The number of aromatic hydroxyl groups is 1. The summed E-state index contributed by atoms with van der Waals surface area (Å²) in [6, 6.07) is 3.21. The second-order valence-electron chi connectivity index (χ2n) is 2.55. The molecule has 0 aromatic heterocycles. The lowest BCUT2D eigenvalue weighted by Gasteiger charge is -2.08. The summed E-state index contributed by atoms with van der Waals surface area (Å²) in [6.45, 7) is 0. The largest absolute Gasteiger partial charge is 0.502 e. The first-order valence-electron chi connectivity index (χ1n) is 3.91. The van der Waals surface area contributed by atoms with E-state index in [0.717, 1.165) is 0 Å². The predicted molar refractivity (Wildman–Crippen MR) is 53.0 cm³/mol. The molecule has 0 amide bonds. The van der Waals surface area contributed by atoms with Crippen molar-refractivity contribution in [1.82, 2.24) is 0 Å². The summed E-state index contributed by atoms with van der Waals surface area (Å²) in [5.74, 6) is 5.61. The smallest absolute Gasteiger partial charge is 0.200 e. The lowest BCUT2D eigenvalue weighted by atomic mass is 10.2. The van der Waals surface area contributed by atoms with Crippen LogP contribution in [0.2, 0.25) is 0 Å². The number of phenols is 1.